The summed E-state index contributed by atoms with van der Waals surface area (Å²) in [6, 6.07) is 35.8. The van der Waals surface area contributed by atoms with Gasteiger partial charge >= 0.3 is 5.97 Å². The summed E-state index contributed by atoms with van der Waals surface area (Å²) in [6.07, 6.45) is 0. The molecule has 4 aromatic carbocycles. The fourth-order valence-corrected chi connectivity index (χ4v) is 4.53. The van der Waals surface area contributed by atoms with Gasteiger partial charge in [-0.25, -0.2) is 0 Å². The average molecular weight is 532 g/mol. The SMILES string of the molecule is CC(C)C(NCc1ccc(-c2ccccc2-c2nnn(Cc3ccccc3)n2)cc1)C(=O)OCc1ccccc1. The second kappa shape index (κ2) is 13.0. The maximum atomic E-state index is 12.8. The number of esters is 1. The molecule has 0 saturated carbocycles. The fourth-order valence-electron chi connectivity index (χ4n) is 4.53. The Labute approximate surface area is 234 Å². The van der Waals surface area contributed by atoms with Crippen LogP contribution in [0.1, 0.15) is 30.5 Å². The molecule has 5 rings (SSSR count). The third-order valence-corrected chi connectivity index (χ3v) is 6.72. The summed E-state index contributed by atoms with van der Waals surface area (Å²) in [6.45, 7) is 5.43. The summed E-state index contributed by atoms with van der Waals surface area (Å²) in [7, 11) is 0. The van der Waals surface area contributed by atoms with Crippen LogP contribution >= 0.6 is 0 Å². The summed E-state index contributed by atoms with van der Waals surface area (Å²) < 4.78 is 5.59. The van der Waals surface area contributed by atoms with Gasteiger partial charge in [0, 0.05) is 12.1 Å². The fraction of sp³-hybridized carbons (Fsp3) is 0.212. The van der Waals surface area contributed by atoms with Gasteiger partial charge in [-0.15, -0.1) is 10.2 Å². The minimum atomic E-state index is -0.395. The molecular formula is C33H33N5O2. The summed E-state index contributed by atoms with van der Waals surface area (Å²) in [5, 5.41) is 16.6. The van der Waals surface area contributed by atoms with Crippen molar-refractivity contribution in [2.45, 2.75) is 39.6 Å². The maximum absolute atomic E-state index is 12.8. The van der Waals surface area contributed by atoms with Gasteiger partial charge in [0.25, 0.3) is 0 Å². The molecule has 1 N–H and O–H groups in total. The van der Waals surface area contributed by atoms with Crippen molar-refractivity contribution < 1.29 is 9.53 Å². The van der Waals surface area contributed by atoms with Crippen LogP contribution in [0.25, 0.3) is 22.5 Å². The van der Waals surface area contributed by atoms with E-state index in [-0.39, 0.29) is 18.5 Å². The number of hydrogen-bond acceptors (Lipinski definition) is 6. The van der Waals surface area contributed by atoms with Crippen molar-refractivity contribution in [3.63, 3.8) is 0 Å². The second-order valence-corrected chi connectivity index (χ2v) is 10.1. The quantitative estimate of drug-likeness (QED) is 0.213. The molecule has 40 heavy (non-hydrogen) atoms. The van der Waals surface area contributed by atoms with E-state index in [0.29, 0.717) is 18.9 Å². The lowest BCUT2D eigenvalue weighted by Gasteiger charge is -2.21. The van der Waals surface area contributed by atoms with Crippen molar-refractivity contribution in [1.29, 1.82) is 0 Å². The highest BCUT2D eigenvalue weighted by Gasteiger charge is 2.23. The molecule has 1 heterocycles. The lowest BCUT2D eigenvalue weighted by atomic mass is 9.98. The average Bonchev–Trinajstić information content (AvgIpc) is 3.45. The van der Waals surface area contributed by atoms with Gasteiger partial charge in [-0.2, -0.15) is 4.80 Å². The van der Waals surface area contributed by atoms with E-state index in [9.17, 15) is 4.79 Å². The van der Waals surface area contributed by atoms with Gasteiger partial charge in [0.2, 0.25) is 5.82 Å². The molecule has 1 unspecified atom stereocenters. The first-order valence-corrected chi connectivity index (χ1v) is 13.5. The monoisotopic (exact) mass is 531 g/mol. The van der Waals surface area contributed by atoms with E-state index in [2.05, 4.69) is 51.1 Å². The first-order chi connectivity index (χ1) is 19.6. The Morgan fingerprint density at radius 2 is 1.40 bits per heavy atom. The zero-order chi connectivity index (χ0) is 27.7. The second-order valence-electron chi connectivity index (χ2n) is 10.1. The van der Waals surface area contributed by atoms with Gasteiger partial charge < -0.3 is 10.1 Å². The van der Waals surface area contributed by atoms with Gasteiger partial charge in [0.05, 0.1) is 6.54 Å². The Kier molecular flexibility index (Phi) is 8.73. The number of nitrogens with one attached hydrogen (secondary N) is 1. The van der Waals surface area contributed by atoms with Gasteiger partial charge in [-0.3, -0.25) is 4.79 Å². The minimum Gasteiger partial charge on any atom is -0.460 e. The summed E-state index contributed by atoms with van der Waals surface area (Å²) >= 11 is 0. The largest absolute Gasteiger partial charge is 0.460 e. The van der Waals surface area contributed by atoms with Crippen molar-refractivity contribution in [3.05, 3.63) is 126 Å². The molecule has 0 saturated heterocycles. The molecule has 0 aliphatic carbocycles. The van der Waals surface area contributed by atoms with E-state index in [1.807, 2.05) is 92.7 Å². The predicted molar refractivity (Wildman–Crippen MR) is 156 cm³/mol. The number of rotatable bonds is 11. The summed E-state index contributed by atoms with van der Waals surface area (Å²) in [5.41, 5.74) is 6.19. The number of hydrogen-bond donors (Lipinski definition) is 1. The number of carbonyl (C=O) groups is 1. The molecular weight excluding hydrogens is 498 g/mol. The molecule has 1 atom stereocenters. The van der Waals surface area contributed by atoms with E-state index in [1.165, 1.54) is 0 Å². The predicted octanol–water partition coefficient (Wildman–Crippen LogP) is 5.91. The molecule has 0 spiro atoms. The van der Waals surface area contributed by atoms with E-state index < -0.39 is 6.04 Å². The summed E-state index contributed by atoms with van der Waals surface area (Å²) in [4.78, 5) is 14.4. The first kappa shape index (κ1) is 27.0. The molecule has 0 aliphatic heterocycles. The van der Waals surface area contributed by atoms with E-state index in [4.69, 9.17) is 4.74 Å². The third kappa shape index (κ3) is 6.87. The van der Waals surface area contributed by atoms with Gasteiger partial charge in [0.15, 0.2) is 0 Å². The topological polar surface area (TPSA) is 81.9 Å². The van der Waals surface area contributed by atoms with Crippen LogP contribution in [0.5, 0.6) is 0 Å². The van der Waals surface area contributed by atoms with Crippen molar-refractivity contribution in [3.8, 4) is 22.5 Å². The van der Waals surface area contributed by atoms with E-state index in [0.717, 1.165) is 33.4 Å². The smallest absolute Gasteiger partial charge is 0.323 e. The lowest BCUT2D eigenvalue weighted by molar-refractivity contribution is -0.148. The summed E-state index contributed by atoms with van der Waals surface area (Å²) in [5.74, 6) is 0.445. The molecule has 0 radical (unpaired) electrons. The zero-order valence-electron chi connectivity index (χ0n) is 22.8. The van der Waals surface area contributed by atoms with Crippen molar-refractivity contribution in [1.82, 2.24) is 25.5 Å². The Hall–Kier alpha value is -4.62. The number of ether oxygens (including phenoxy) is 1. The number of aromatic nitrogens is 4. The van der Waals surface area contributed by atoms with Crippen LogP contribution in [-0.4, -0.2) is 32.2 Å². The van der Waals surface area contributed by atoms with Crippen molar-refractivity contribution in [2.75, 3.05) is 0 Å². The van der Waals surface area contributed by atoms with E-state index >= 15 is 0 Å². The van der Waals surface area contributed by atoms with E-state index in [1.54, 1.807) is 4.80 Å². The first-order valence-electron chi connectivity index (χ1n) is 13.5. The highest BCUT2D eigenvalue weighted by atomic mass is 16.5. The van der Waals surface area contributed by atoms with Gasteiger partial charge in [0.1, 0.15) is 12.6 Å². The molecule has 5 aromatic rings. The Morgan fingerprint density at radius 3 is 2.08 bits per heavy atom. The number of benzene rings is 4. The van der Waals surface area contributed by atoms with Crippen LogP contribution in [-0.2, 0) is 29.2 Å². The maximum Gasteiger partial charge on any atom is 0.323 e. The standard InChI is InChI=1S/C33H33N5O2/c1-24(2)31(33(39)40-23-27-13-7-4-8-14-27)34-21-25-17-19-28(20-18-25)29-15-9-10-16-30(29)32-35-37-38(36-32)22-26-11-5-3-6-12-26/h3-20,24,31,34H,21-23H2,1-2H3. The molecule has 202 valence electrons. The molecule has 0 amide bonds. The van der Waals surface area contributed by atoms with Crippen molar-refractivity contribution >= 4 is 5.97 Å². The Balaban J connectivity index is 1.24. The van der Waals surface area contributed by atoms with Crippen LogP contribution in [0.3, 0.4) is 0 Å². The number of carbonyl (C=O) groups excluding carboxylic acids is 1. The zero-order valence-corrected chi connectivity index (χ0v) is 22.8. The highest BCUT2D eigenvalue weighted by molar-refractivity contribution is 5.80. The minimum absolute atomic E-state index is 0.0947. The molecule has 0 fully saturated rings. The molecule has 1 aromatic heterocycles. The van der Waals surface area contributed by atoms with Crippen LogP contribution in [0.15, 0.2) is 109 Å². The van der Waals surface area contributed by atoms with Crippen molar-refractivity contribution in [2.24, 2.45) is 5.92 Å². The number of nitrogens with zero attached hydrogens (tertiary/aromatic N) is 4. The molecule has 7 heteroatoms. The number of tetrazole rings is 1. The highest BCUT2D eigenvalue weighted by Crippen LogP contribution is 2.30. The Bertz CT molecular complexity index is 1520. The molecule has 0 aliphatic rings. The molecule has 0 bridgehead atoms. The lowest BCUT2D eigenvalue weighted by Crippen LogP contribution is -2.41. The third-order valence-electron chi connectivity index (χ3n) is 6.72. The van der Waals surface area contributed by atoms with Gasteiger partial charge in [-0.1, -0.05) is 123 Å². The van der Waals surface area contributed by atoms with Crippen LogP contribution < -0.4 is 5.32 Å². The van der Waals surface area contributed by atoms with Crippen LogP contribution in [0.4, 0.5) is 0 Å². The molecule has 7 nitrogen and oxygen atoms in total. The normalized spacial score (nSPS) is 11.9. The Morgan fingerprint density at radius 1 is 0.775 bits per heavy atom. The van der Waals surface area contributed by atoms with Crippen LogP contribution in [0, 0.1) is 5.92 Å². The van der Waals surface area contributed by atoms with Crippen LogP contribution in [0.2, 0.25) is 0 Å². The van der Waals surface area contributed by atoms with Gasteiger partial charge in [-0.05, 0) is 38.9 Å².